The second-order valence-electron chi connectivity index (χ2n) is 5.59. The molecule has 0 spiro atoms. The van der Waals surface area contributed by atoms with E-state index in [1.54, 1.807) is 17.1 Å². The van der Waals surface area contributed by atoms with E-state index < -0.39 is 5.41 Å². The Kier molecular flexibility index (Phi) is 3.87. The van der Waals surface area contributed by atoms with Crippen LogP contribution < -0.4 is 5.32 Å². The molecule has 2 rings (SSSR count). The molecular weight excluding hydrogens is 258 g/mol. The van der Waals surface area contributed by atoms with Crippen LogP contribution in [0.5, 0.6) is 0 Å². The normalized spacial score (nSPS) is 11.6. The molecule has 0 atom stereocenters. The molecule has 0 aliphatic heterocycles. The maximum atomic E-state index is 11.9. The predicted molar refractivity (Wildman–Crippen MR) is 73.1 cm³/mol. The summed E-state index contributed by atoms with van der Waals surface area (Å²) < 4.78 is 6.74. The summed E-state index contributed by atoms with van der Waals surface area (Å²) in [5.41, 5.74) is 0.213. The Morgan fingerprint density at radius 1 is 1.45 bits per heavy atom. The van der Waals surface area contributed by atoms with E-state index in [9.17, 15) is 4.79 Å². The Hall–Kier alpha value is -2.18. The van der Waals surface area contributed by atoms with Gasteiger partial charge in [-0.2, -0.15) is 10.1 Å². The molecule has 0 fully saturated rings. The van der Waals surface area contributed by atoms with Crippen molar-refractivity contribution in [3.63, 3.8) is 0 Å². The summed E-state index contributed by atoms with van der Waals surface area (Å²) in [5.74, 6) is 1.12. The maximum Gasteiger partial charge on any atom is 0.248 e. The molecule has 0 aromatic carbocycles. The average Bonchev–Trinajstić information content (AvgIpc) is 2.98. The van der Waals surface area contributed by atoms with Crippen LogP contribution in [0.15, 0.2) is 16.9 Å². The van der Waals surface area contributed by atoms with Crippen LogP contribution in [0.1, 0.15) is 39.4 Å². The molecule has 0 saturated carbocycles. The molecule has 7 heteroatoms. The van der Waals surface area contributed by atoms with E-state index in [4.69, 9.17) is 4.52 Å². The van der Waals surface area contributed by atoms with Crippen molar-refractivity contribution in [1.82, 2.24) is 19.9 Å². The third-order valence-corrected chi connectivity index (χ3v) is 2.70. The van der Waals surface area contributed by atoms with Gasteiger partial charge < -0.3 is 9.84 Å². The number of anilines is 1. The van der Waals surface area contributed by atoms with Crippen LogP contribution in [0, 0.1) is 5.41 Å². The van der Waals surface area contributed by atoms with Crippen LogP contribution in [0.25, 0.3) is 0 Å². The number of nitrogens with one attached hydrogen (secondary N) is 1. The first kappa shape index (κ1) is 14.2. The van der Waals surface area contributed by atoms with Crippen LogP contribution in [0.3, 0.4) is 0 Å². The molecule has 2 aromatic rings. The fourth-order valence-corrected chi connectivity index (χ4v) is 1.47. The molecular formula is C13H19N5O2. The highest BCUT2D eigenvalue weighted by atomic mass is 16.5. The molecule has 1 N–H and O–H groups in total. The van der Waals surface area contributed by atoms with E-state index in [2.05, 4.69) is 20.6 Å². The number of amides is 1. The third-order valence-electron chi connectivity index (χ3n) is 2.70. The van der Waals surface area contributed by atoms with Gasteiger partial charge in [0.25, 0.3) is 0 Å². The molecule has 1 amide bonds. The summed E-state index contributed by atoms with van der Waals surface area (Å²) in [7, 11) is 0. The van der Waals surface area contributed by atoms with Crippen molar-refractivity contribution in [2.24, 2.45) is 5.41 Å². The first-order valence-corrected chi connectivity index (χ1v) is 6.54. The number of hydrogen-bond acceptors (Lipinski definition) is 5. The Morgan fingerprint density at radius 2 is 2.20 bits per heavy atom. The van der Waals surface area contributed by atoms with E-state index in [0.717, 1.165) is 6.42 Å². The van der Waals surface area contributed by atoms with Gasteiger partial charge in [-0.15, -0.1) is 0 Å². The lowest BCUT2D eigenvalue weighted by molar-refractivity contribution is -0.123. The molecule has 20 heavy (non-hydrogen) atoms. The van der Waals surface area contributed by atoms with Crippen LogP contribution in [0.4, 0.5) is 5.69 Å². The number of hydrogen-bond donors (Lipinski definition) is 1. The van der Waals surface area contributed by atoms with Crippen molar-refractivity contribution in [1.29, 1.82) is 0 Å². The molecule has 0 radical (unpaired) electrons. The van der Waals surface area contributed by atoms with Crippen molar-refractivity contribution in [3.05, 3.63) is 24.1 Å². The quantitative estimate of drug-likeness (QED) is 0.921. The van der Waals surface area contributed by atoms with Crippen LogP contribution in [0.2, 0.25) is 0 Å². The van der Waals surface area contributed by atoms with Gasteiger partial charge in [-0.25, -0.2) is 0 Å². The minimum atomic E-state index is -0.440. The number of aromatic nitrogens is 4. The lowest BCUT2D eigenvalue weighted by Crippen LogP contribution is -2.27. The highest BCUT2D eigenvalue weighted by Gasteiger charge is 2.21. The summed E-state index contributed by atoms with van der Waals surface area (Å²) in [4.78, 5) is 16.1. The Balaban J connectivity index is 2.00. The number of carbonyl (C=O) groups excluding carboxylic acids is 1. The second-order valence-corrected chi connectivity index (χ2v) is 5.59. The van der Waals surface area contributed by atoms with Crippen molar-refractivity contribution in [3.8, 4) is 0 Å². The predicted octanol–water partition coefficient (Wildman–Crippen LogP) is 1.86. The Labute approximate surface area is 117 Å². The number of aryl methyl sites for hydroxylation is 1. The fraction of sp³-hybridized carbons (Fsp3) is 0.538. The summed E-state index contributed by atoms with van der Waals surface area (Å²) in [6.45, 7) is 7.92. The lowest BCUT2D eigenvalue weighted by Gasteiger charge is -2.16. The average molecular weight is 277 g/mol. The molecule has 0 aliphatic carbocycles. The number of nitrogens with zero attached hydrogens (tertiary/aromatic N) is 4. The Bertz CT molecular complexity index is 594. The number of rotatable bonds is 4. The second kappa shape index (κ2) is 5.44. The molecule has 2 aromatic heterocycles. The van der Waals surface area contributed by atoms with Gasteiger partial charge in [0.1, 0.15) is 6.54 Å². The largest absolute Gasteiger partial charge is 0.337 e. The standard InChI is InChI=1S/C13H19N5O2/c1-5-10-16-11(20-17-10)8-18-7-9(6-14-18)15-12(19)13(2,3)4/h6-7H,5,8H2,1-4H3,(H,15,19). The van der Waals surface area contributed by atoms with E-state index >= 15 is 0 Å². The van der Waals surface area contributed by atoms with Gasteiger partial charge in [0, 0.05) is 18.0 Å². The van der Waals surface area contributed by atoms with Gasteiger partial charge in [-0.1, -0.05) is 32.9 Å². The van der Waals surface area contributed by atoms with Gasteiger partial charge in [0.15, 0.2) is 5.82 Å². The van der Waals surface area contributed by atoms with Gasteiger partial charge in [0.05, 0.1) is 11.9 Å². The minimum Gasteiger partial charge on any atom is -0.337 e. The highest BCUT2D eigenvalue weighted by Crippen LogP contribution is 2.17. The molecule has 0 aliphatic rings. The zero-order chi connectivity index (χ0) is 14.8. The molecule has 0 unspecified atom stereocenters. The summed E-state index contributed by atoms with van der Waals surface area (Å²) in [6.07, 6.45) is 4.07. The van der Waals surface area contributed by atoms with E-state index in [-0.39, 0.29) is 5.91 Å². The van der Waals surface area contributed by atoms with Crippen LogP contribution in [-0.4, -0.2) is 25.8 Å². The summed E-state index contributed by atoms with van der Waals surface area (Å²) in [6, 6.07) is 0. The molecule has 0 bridgehead atoms. The molecule has 7 nitrogen and oxygen atoms in total. The van der Waals surface area contributed by atoms with Crippen LogP contribution >= 0.6 is 0 Å². The third kappa shape index (κ3) is 3.43. The highest BCUT2D eigenvalue weighted by molar-refractivity contribution is 5.94. The minimum absolute atomic E-state index is 0.0527. The van der Waals surface area contributed by atoms with Gasteiger partial charge in [-0.05, 0) is 0 Å². The van der Waals surface area contributed by atoms with Crippen molar-refractivity contribution in [2.45, 2.75) is 40.7 Å². The maximum absolute atomic E-state index is 11.9. The first-order valence-electron chi connectivity index (χ1n) is 6.54. The molecule has 0 saturated heterocycles. The zero-order valence-electron chi connectivity index (χ0n) is 12.2. The van der Waals surface area contributed by atoms with E-state index in [0.29, 0.717) is 23.9 Å². The monoisotopic (exact) mass is 277 g/mol. The molecule has 108 valence electrons. The topological polar surface area (TPSA) is 85.8 Å². The Morgan fingerprint density at radius 3 is 2.80 bits per heavy atom. The smallest absolute Gasteiger partial charge is 0.248 e. The SMILES string of the molecule is CCc1noc(Cn2cc(NC(=O)C(C)(C)C)cn2)n1. The van der Waals surface area contributed by atoms with Gasteiger partial charge in [-0.3, -0.25) is 9.48 Å². The van der Waals surface area contributed by atoms with Crippen molar-refractivity contribution < 1.29 is 9.32 Å². The molecule has 2 heterocycles. The van der Waals surface area contributed by atoms with Crippen molar-refractivity contribution in [2.75, 3.05) is 5.32 Å². The fourth-order valence-electron chi connectivity index (χ4n) is 1.47. The first-order chi connectivity index (χ1) is 9.38. The summed E-state index contributed by atoms with van der Waals surface area (Å²) in [5, 5.41) is 10.8. The lowest BCUT2D eigenvalue weighted by atomic mass is 9.96. The van der Waals surface area contributed by atoms with Crippen molar-refractivity contribution >= 4 is 11.6 Å². The van der Waals surface area contributed by atoms with Gasteiger partial charge in [0.2, 0.25) is 11.8 Å². The van der Waals surface area contributed by atoms with E-state index in [1.165, 1.54) is 0 Å². The summed E-state index contributed by atoms with van der Waals surface area (Å²) >= 11 is 0. The van der Waals surface area contributed by atoms with Crippen LogP contribution in [-0.2, 0) is 17.8 Å². The number of carbonyl (C=O) groups is 1. The zero-order valence-corrected chi connectivity index (χ0v) is 12.2. The van der Waals surface area contributed by atoms with Gasteiger partial charge >= 0.3 is 0 Å². The van der Waals surface area contributed by atoms with E-state index in [1.807, 2.05) is 27.7 Å².